The minimum Gasteiger partial charge on any atom is -0.481 e. The summed E-state index contributed by atoms with van der Waals surface area (Å²) in [6.07, 6.45) is 0.722. The molecule has 24 heavy (non-hydrogen) atoms. The van der Waals surface area contributed by atoms with Crippen LogP contribution >= 0.6 is 31.9 Å². The van der Waals surface area contributed by atoms with Gasteiger partial charge in [0, 0.05) is 0 Å². The maximum Gasteiger partial charge on any atom is 0.277 e. The van der Waals surface area contributed by atoms with Crippen molar-refractivity contribution in [3.05, 3.63) is 62.5 Å². The van der Waals surface area contributed by atoms with E-state index in [0.29, 0.717) is 5.75 Å². The van der Waals surface area contributed by atoms with E-state index in [9.17, 15) is 4.79 Å². The fourth-order valence-corrected chi connectivity index (χ4v) is 3.75. The quantitative estimate of drug-likeness (QED) is 0.503. The van der Waals surface area contributed by atoms with Crippen LogP contribution in [0.15, 0.2) is 56.5 Å². The van der Waals surface area contributed by atoms with Crippen molar-refractivity contribution in [2.24, 2.45) is 5.10 Å². The minimum atomic E-state index is -0.309. The van der Waals surface area contributed by atoms with Crippen LogP contribution in [-0.4, -0.2) is 18.2 Å². The molecule has 0 radical (unpaired) electrons. The molecule has 1 N–H and O–H groups in total. The maximum atomic E-state index is 12.0. The highest BCUT2D eigenvalue weighted by atomic mass is 79.9. The van der Waals surface area contributed by atoms with Crippen molar-refractivity contribution < 1.29 is 9.53 Å². The number of nitrogens with zero attached hydrogens (tertiary/aromatic N) is 1. The van der Waals surface area contributed by atoms with Crippen molar-refractivity contribution in [3.8, 4) is 5.75 Å². The molecule has 0 spiro atoms. The number of aryl methyl sites for hydroxylation is 1. The van der Waals surface area contributed by atoms with Gasteiger partial charge in [-0.1, -0.05) is 37.3 Å². The summed E-state index contributed by atoms with van der Waals surface area (Å²) in [6.45, 7) is 3.86. The number of nitrogens with one attached hydrogen (secondary N) is 1. The monoisotopic (exact) mass is 452 g/mol. The molecule has 4 nitrogen and oxygen atoms in total. The van der Waals surface area contributed by atoms with Crippen molar-refractivity contribution in [1.29, 1.82) is 0 Å². The van der Waals surface area contributed by atoms with E-state index >= 15 is 0 Å². The Kier molecular flexibility index (Phi) is 6.99. The van der Waals surface area contributed by atoms with Gasteiger partial charge in [0.05, 0.1) is 14.7 Å². The average Bonchev–Trinajstić information content (AvgIpc) is 2.55. The third kappa shape index (κ3) is 5.18. The summed E-state index contributed by atoms with van der Waals surface area (Å²) in [4.78, 5) is 12.0. The summed E-state index contributed by atoms with van der Waals surface area (Å²) in [5.74, 6) is 0.287. The van der Waals surface area contributed by atoms with Gasteiger partial charge in [0.25, 0.3) is 5.91 Å². The molecular formula is C18H18Br2N2O2. The van der Waals surface area contributed by atoms with Gasteiger partial charge < -0.3 is 4.74 Å². The second-order valence-electron chi connectivity index (χ2n) is 5.16. The Hall–Kier alpha value is -1.66. The molecule has 0 aromatic heterocycles. The lowest BCUT2D eigenvalue weighted by molar-refractivity contribution is -0.123. The van der Waals surface area contributed by atoms with Crippen molar-refractivity contribution in [2.75, 3.05) is 6.61 Å². The molecule has 2 aromatic carbocycles. The fourth-order valence-electron chi connectivity index (χ4n) is 2.10. The van der Waals surface area contributed by atoms with Crippen LogP contribution in [0.4, 0.5) is 0 Å². The zero-order chi connectivity index (χ0) is 17.5. The van der Waals surface area contributed by atoms with Crippen molar-refractivity contribution in [1.82, 2.24) is 5.43 Å². The fraction of sp³-hybridized carbons (Fsp3) is 0.222. The Morgan fingerprint density at radius 2 is 1.79 bits per heavy atom. The Morgan fingerprint density at radius 1 is 1.17 bits per heavy atom. The van der Waals surface area contributed by atoms with Gasteiger partial charge in [-0.2, -0.15) is 5.10 Å². The number of carbonyl (C=O) groups excluding carboxylic acids is 1. The molecule has 0 aliphatic rings. The summed E-state index contributed by atoms with van der Waals surface area (Å²) in [7, 11) is 0. The summed E-state index contributed by atoms with van der Waals surface area (Å²) < 4.78 is 7.17. The number of hydrogen-bond acceptors (Lipinski definition) is 3. The Bertz CT molecular complexity index is 723. The molecule has 0 unspecified atom stereocenters. The molecule has 0 aliphatic heterocycles. The third-order valence-corrected chi connectivity index (χ3v) is 4.43. The van der Waals surface area contributed by atoms with Gasteiger partial charge in [-0.15, -0.1) is 0 Å². The number of rotatable bonds is 6. The van der Waals surface area contributed by atoms with E-state index < -0.39 is 0 Å². The highest BCUT2D eigenvalue weighted by molar-refractivity contribution is 9.11. The topological polar surface area (TPSA) is 50.7 Å². The van der Waals surface area contributed by atoms with Gasteiger partial charge in [0.2, 0.25) is 0 Å². The summed E-state index contributed by atoms with van der Waals surface area (Å²) in [5, 5.41) is 4.20. The van der Waals surface area contributed by atoms with Crippen molar-refractivity contribution in [3.63, 3.8) is 0 Å². The van der Waals surface area contributed by atoms with E-state index in [2.05, 4.69) is 42.4 Å². The van der Waals surface area contributed by atoms with E-state index in [-0.39, 0.29) is 12.5 Å². The molecule has 0 saturated carbocycles. The first-order valence-electron chi connectivity index (χ1n) is 7.50. The molecule has 0 atom stereocenters. The molecule has 126 valence electrons. The first kappa shape index (κ1) is 18.7. The van der Waals surface area contributed by atoms with E-state index in [0.717, 1.165) is 32.2 Å². The summed E-state index contributed by atoms with van der Waals surface area (Å²) in [6, 6.07) is 13.6. The lowest BCUT2D eigenvalue weighted by Crippen LogP contribution is -2.26. The molecule has 0 fully saturated rings. The highest BCUT2D eigenvalue weighted by Gasteiger charge is 2.10. The molecule has 6 heteroatoms. The van der Waals surface area contributed by atoms with E-state index in [4.69, 9.17) is 4.74 Å². The predicted octanol–water partition coefficient (Wildman–Crippen LogP) is 4.83. The lowest BCUT2D eigenvalue weighted by Gasteiger charge is -2.11. The predicted molar refractivity (Wildman–Crippen MR) is 103 cm³/mol. The number of ether oxygens (including phenoxy) is 1. The minimum absolute atomic E-state index is 0.116. The van der Waals surface area contributed by atoms with Crippen LogP contribution in [0.3, 0.4) is 0 Å². The number of amides is 1. The highest BCUT2D eigenvalue weighted by Crippen LogP contribution is 2.34. The second-order valence-corrected chi connectivity index (χ2v) is 6.87. The van der Waals surface area contributed by atoms with Crippen LogP contribution in [0, 0.1) is 6.92 Å². The van der Waals surface area contributed by atoms with Gasteiger partial charge in [0.15, 0.2) is 6.61 Å². The Labute approximate surface area is 158 Å². The van der Waals surface area contributed by atoms with Crippen molar-refractivity contribution in [2.45, 2.75) is 20.3 Å². The third-order valence-electron chi connectivity index (χ3n) is 3.25. The zero-order valence-corrected chi connectivity index (χ0v) is 16.6. The molecule has 1 amide bonds. The smallest absolute Gasteiger partial charge is 0.277 e. The first-order chi connectivity index (χ1) is 11.5. The summed E-state index contributed by atoms with van der Waals surface area (Å²) in [5.41, 5.74) is 5.45. The molecule has 0 heterocycles. The maximum absolute atomic E-state index is 12.0. The van der Waals surface area contributed by atoms with Gasteiger partial charge in [-0.3, -0.25) is 4.79 Å². The van der Waals surface area contributed by atoms with Crippen LogP contribution in [0.25, 0.3) is 0 Å². The van der Waals surface area contributed by atoms with Gasteiger partial charge >= 0.3 is 0 Å². The first-order valence-corrected chi connectivity index (χ1v) is 9.09. The van der Waals surface area contributed by atoms with E-state index in [1.807, 2.05) is 56.3 Å². The SMILES string of the molecule is CCC(=NNC(=O)COc1c(Br)cc(C)cc1Br)c1ccccc1. The van der Waals surface area contributed by atoms with Crippen molar-refractivity contribution >= 4 is 43.5 Å². The van der Waals surface area contributed by atoms with E-state index in [1.165, 1.54) is 0 Å². The van der Waals surface area contributed by atoms with Gasteiger partial charge in [0.1, 0.15) is 5.75 Å². The second kappa shape index (κ2) is 8.99. The Balaban J connectivity index is 1.97. The van der Waals surface area contributed by atoms with Crippen LogP contribution in [0.5, 0.6) is 5.75 Å². The molecular weight excluding hydrogens is 436 g/mol. The molecule has 0 aliphatic carbocycles. The largest absolute Gasteiger partial charge is 0.481 e. The molecule has 2 aromatic rings. The van der Waals surface area contributed by atoms with Gasteiger partial charge in [-0.25, -0.2) is 5.43 Å². The summed E-state index contributed by atoms with van der Waals surface area (Å²) >= 11 is 6.88. The van der Waals surface area contributed by atoms with Crippen LogP contribution in [-0.2, 0) is 4.79 Å². The van der Waals surface area contributed by atoms with Crippen LogP contribution in [0.2, 0.25) is 0 Å². The average molecular weight is 454 g/mol. The van der Waals surface area contributed by atoms with Gasteiger partial charge in [-0.05, 0) is 68.5 Å². The standard InChI is InChI=1S/C18H18Br2N2O2/c1-3-16(13-7-5-4-6-8-13)21-22-17(23)11-24-18-14(19)9-12(2)10-15(18)20/h4-10H,3,11H2,1-2H3,(H,22,23). The van der Waals surface area contributed by atoms with E-state index in [1.54, 1.807) is 0 Å². The lowest BCUT2D eigenvalue weighted by atomic mass is 10.1. The number of hydrazone groups is 1. The zero-order valence-electron chi connectivity index (χ0n) is 13.5. The molecule has 0 bridgehead atoms. The van der Waals surface area contributed by atoms with Crippen LogP contribution < -0.4 is 10.2 Å². The number of carbonyl (C=O) groups is 1. The molecule has 0 saturated heterocycles. The number of halogens is 2. The molecule has 2 rings (SSSR count). The van der Waals surface area contributed by atoms with Crippen LogP contribution in [0.1, 0.15) is 24.5 Å². The Morgan fingerprint density at radius 3 is 2.38 bits per heavy atom. The normalized spacial score (nSPS) is 11.2. The number of benzene rings is 2. The number of hydrogen-bond donors (Lipinski definition) is 1.